The number of nitrogens with one attached hydrogen (secondary N) is 2. The number of imide groups is 1. The minimum atomic E-state index is -4.22. The van der Waals surface area contributed by atoms with Gasteiger partial charge in [0.2, 0.25) is 5.91 Å². The van der Waals surface area contributed by atoms with Crippen molar-refractivity contribution < 1.29 is 32.3 Å². The number of nitrogens with zero attached hydrogens (tertiary/aromatic N) is 4. The number of carbonyl (C=O) groups is 4. The van der Waals surface area contributed by atoms with E-state index in [1.54, 1.807) is 30.5 Å². The summed E-state index contributed by atoms with van der Waals surface area (Å²) in [6.45, 7) is 12.7. The minimum Gasteiger partial charge on any atom is -0.489 e. The van der Waals surface area contributed by atoms with E-state index in [1.807, 2.05) is 18.2 Å². The van der Waals surface area contributed by atoms with Gasteiger partial charge in [0.05, 0.1) is 16.1 Å². The van der Waals surface area contributed by atoms with Crippen molar-refractivity contribution in [2.24, 2.45) is 10.8 Å². The largest absolute Gasteiger partial charge is 0.489 e. The molecule has 7 rings (SSSR count). The van der Waals surface area contributed by atoms with Crippen LogP contribution < -0.4 is 20.3 Å². The Balaban J connectivity index is 0.831. The Bertz CT molecular complexity index is 2280. The van der Waals surface area contributed by atoms with Gasteiger partial charge in [0.15, 0.2) is 0 Å². The molecule has 1 aliphatic carbocycles. The van der Waals surface area contributed by atoms with Gasteiger partial charge in [-0.05, 0) is 68.1 Å². The Morgan fingerprint density at radius 3 is 2.39 bits per heavy atom. The van der Waals surface area contributed by atoms with Crippen molar-refractivity contribution in [1.29, 1.82) is 0 Å². The van der Waals surface area contributed by atoms with Crippen LogP contribution in [-0.2, 0) is 26.0 Å². The van der Waals surface area contributed by atoms with E-state index in [0.717, 1.165) is 64.2 Å². The van der Waals surface area contributed by atoms with Crippen LogP contribution in [0, 0.1) is 23.2 Å². The van der Waals surface area contributed by atoms with Crippen LogP contribution in [-0.4, -0.2) is 97.1 Å². The number of piperazine rings is 1. The summed E-state index contributed by atoms with van der Waals surface area (Å²) >= 11 is 6.32. The zero-order chi connectivity index (χ0) is 42.3. The van der Waals surface area contributed by atoms with E-state index in [4.69, 9.17) is 22.8 Å². The quantitative estimate of drug-likeness (QED) is 0.133. The van der Waals surface area contributed by atoms with Gasteiger partial charge in [-0.1, -0.05) is 70.2 Å². The number of rotatable bonds is 13. The third kappa shape index (κ3) is 8.17. The fraction of sp³-hybridized carbons (Fsp3) is 0.477. The standard InChI is InChI=1S/C44H51ClN6O7S/c1-6-28-15-17-31(26-33(28)45)58-42-43(2,3)41(44(42,4)5)48-38(53)30-16-19-35(46-27-30)50-24-22-49(23-25-50)21-10-8-7-9-12-29-13-11-14-32-37(29)59(56,57)51(40(32)55)34-18-20-36(52)47-39(34)54/h1,11,13-17,19,26-27,34,41-42H,7-10,12,18,20-25H2,2-5H3,(H,48,53)(H,47,52,54). The molecule has 1 saturated carbocycles. The summed E-state index contributed by atoms with van der Waals surface area (Å²) in [6.07, 6.45) is 11.1. The summed E-state index contributed by atoms with van der Waals surface area (Å²) in [5.74, 6) is 1.89. The Labute approximate surface area is 351 Å². The number of amides is 4. The summed E-state index contributed by atoms with van der Waals surface area (Å²) in [7, 11) is -4.22. The lowest BCUT2D eigenvalue weighted by Crippen LogP contribution is -2.74. The van der Waals surface area contributed by atoms with Crippen molar-refractivity contribution in [3.05, 3.63) is 82.0 Å². The second-order valence-electron chi connectivity index (χ2n) is 17.1. The Morgan fingerprint density at radius 1 is 1.00 bits per heavy atom. The number of halogens is 1. The lowest BCUT2D eigenvalue weighted by atomic mass is 9.49. The number of terminal acetylenes is 1. The number of anilines is 1. The molecule has 4 amide bonds. The fourth-order valence-electron chi connectivity index (χ4n) is 9.54. The van der Waals surface area contributed by atoms with E-state index in [0.29, 0.717) is 38.2 Å². The molecule has 2 saturated heterocycles. The van der Waals surface area contributed by atoms with Gasteiger partial charge >= 0.3 is 0 Å². The van der Waals surface area contributed by atoms with Crippen molar-refractivity contribution in [3.63, 3.8) is 0 Å². The summed E-state index contributed by atoms with van der Waals surface area (Å²) < 4.78 is 34.2. The lowest BCUT2D eigenvalue weighted by Gasteiger charge is -2.63. The number of ether oxygens (including phenoxy) is 1. The van der Waals surface area contributed by atoms with Crippen LogP contribution in [0.15, 0.2) is 59.6 Å². The molecular formula is C44H51ClN6O7S. The predicted molar refractivity (Wildman–Crippen MR) is 224 cm³/mol. The third-order valence-electron chi connectivity index (χ3n) is 12.4. The highest BCUT2D eigenvalue weighted by Crippen LogP contribution is 2.55. The number of hydrogen-bond acceptors (Lipinski definition) is 10. The van der Waals surface area contributed by atoms with Crippen LogP contribution in [0.25, 0.3) is 0 Å². The maximum absolute atomic E-state index is 13.6. The van der Waals surface area contributed by atoms with Crippen LogP contribution in [0.3, 0.4) is 0 Å². The number of unbranched alkanes of at least 4 members (excludes halogenated alkanes) is 3. The number of sulfonamides is 1. The first kappa shape index (κ1) is 42.2. The van der Waals surface area contributed by atoms with Crippen molar-refractivity contribution in [1.82, 2.24) is 24.8 Å². The molecule has 3 fully saturated rings. The number of aromatic nitrogens is 1. The van der Waals surface area contributed by atoms with E-state index in [9.17, 15) is 27.6 Å². The van der Waals surface area contributed by atoms with Crippen molar-refractivity contribution in [3.8, 4) is 18.1 Å². The first-order valence-electron chi connectivity index (χ1n) is 20.3. The fourth-order valence-corrected chi connectivity index (χ4v) is 11.8. The van der Waals surface area contributed by atoms with E-state index >= 15 is 0 Å². The van der Waals surface area contributed by atoms with Gasteiger partial charge in [0, 0.05) is 67.3 Å². The third-order valence-corrected chi connectivity index (χ3v) is 14.6. The molecule has 4 aliphatic rings. The van der Waals surface area contributed by atoms with Gasteiger partial charge in [0.25, 0.3) is 27.7 Å². The molecule has 3 aliphatic heterocycles. The first-order chi connectivity index (χ1) is 28.0. The highest BCUT2D eigenvalue weighted by Gasteiger charge is 2.64. The Hall–Kier alpha value is -4.97. The summed E-state index contributed by atoms with van der Waals surface area (Å²) in [5.41, 5.74) is 1.05. The lowest BCUT2D eigenvalue weighted by molar-refractivity contribution is -0.164. The average Bonchev–Trinajstić information content (AvgIpc) is 3.41. The predicted octanol–water partition coefficient (Wildman–Crippen LogP) is 5.20. The normalized spacial score (nSPS) is 23.2. The molecule has 312 valence electrons. The molecule has 59 heavy (non-hydrogen) atoms. The molecule has 3 aromatic rings. The first-order valence-corrected chi connectivity index (χ1v) is 22.1. The van der Waals surface area contributed by atoms with Crippen LogP contribution in [0.4, 0.5) is 5.82 Å². The molecule has 13 nitrogen and oxygen atoms in total. The number of aryl methyl sites for hydroxylation is 1. The second-order valence-corrected chi connectivity index (χ2v) is 19.3. The molecule has 1 atom stereocenters. The number of piperidine rings is 1. The molecule has 1 unspecified atom stereocenters. The average molecular weight is 843 g/mol. The summed E-state index contributed by atoms with van der Waals surface area (Å²) in [6, 6.07) is 12.6. The molecule has 4 heterocycles. The number of pyridine rings is 1. The maximum atomic E-state index is 13.6. The molecule has 1 aromatic heterocycles. The molecule has 2 N–H and O–H groups in total. The van der Waals surface area contributed by atoms with Crippen LogP contribution >= 0.6 is 11.6 Å². The van der Waals surface area contributed by atoms with Crippen molar-refractivity contribution in [2.75, 3.05) is 37.6 Å². The zero-order valence-electron chi connectivity index (χ0n) is 33.9. The van der Waals surface area contributed by atoms with E-state index in [1.165, 1.54) is 6.07 Å². The van der Waals surface area contributed by atoms with Gasteiger partial charge in [-0.15, -0.1) is 6.42 Å². The highest BCUT2D eigenvalue weighted by molar-refractivity contribution is 7.90. The van der Waals surface area contributed by atoms with E-state index < -0.39 is 33.8 Å². The topological polar surface area (TPSA) is 158 Å². The summed E-state index contributed by atoms with van der Waals surface area (Å²) in [5, 5.41) is 5.86. The van der Waals surface area contributed by atoms with E-state index in [-0.39, 0.29) is 52.2 Å². The second kappa shape index (κ2) is 16.6. The van der Waals surface area contributed by atoms with Gasteiger partial charge < -0.3 is 15.0 Å². The summed E-state index contributed by atoms with van der Waals surface area (Å²) in [4.78, 5) is 60.0. The van der Waals surface area contributed by atoms with Crippen molar-refractivity contribution >= 4 is 51.1 Å². The van der Waals surface area contributed by atoms with Crippen LogP contribution in [0.5, 0.6) is 5.75 Å². The SMILES string of the molecule is C#Cc1ccc(OC2C(C)(C)C(NC(=O)c3ccc(N4CCN(CCCCCCc5cccc6c5S(=O)(=O)N(C5CCC(=O)NC5=O)C6=O)CC4)nc3)C2(C)C)cc1Cl. The molecular weight excluding hydrogens is 792 g/mol. The van der Waals surface area contributed by atoms with Gasteiger partial charge in [-0.2, -0.15) is 0 Å². The number of fused-ring (bicyclic) bond motifs is 1. The Kier molecular flexibility index (Phi) is 11.9. The number of hydrogen-bond donors (Lipinski definition) is 2. The Morgan fingerprint density at radius 2 is 1.73 bits per heavy atom. The molecule has 0 bridgehead atoms. The maximum Gasteiger partial charge on any atom is 0.269 e. The number of benzene rings is 2. The van der Waals surface area contributed by atoms with E-state index in [2.05, 4.69) is 59.0 Å². The van der Waals surface area contributed by atoms with Gasteiger partial charge in [-0.3, -0.25) is 29.4 Å². The smallest absolute Gasteiger partial charge is 0.269 e. The zero-order valence-corrected chi connectivity index (χ0v) is 35.5. The highest BCUT2D eigenvalue weighted by atomic mass is 35.5. The van der Waals surface area contributed by atoms with Crippen LogP contribution in [0.2, 0.25) is 5.02 Å². The van der Waals surface area contributed by atoms with Crippen LogP contribution in [0.1, 0.15) is 98.1 Å². The molecule has 0 spiro atoms. The van der Waals surface area contributed by atoms with Crippen molar-refractivity contribution in [2.45, 2.75) is 95.7 Å². The monoisotopic (exact) mass is 842 g/mol. The van der Waals surface area contributed by atoms with Gasteiger partial charge in [-0.25, -0.2) is 17.7 Å². The molecule has 0 radical (unpaired) electrons. The van der Waals surface area contributed by atoms with Gasteiger partial charge in [0.1, 0.15) is 28.6 Å². The minimum absolute atomic E-state index is 0.0159. The molecule has 2 aromatic carbocycles. The molecule has 15 heteroatoms. The number of carbonyl (C=O) groups excluding carboxylic acids is 4.